The van der Waals surface area contributed by atoms with Crippen molar-refractivity contribution in [2.24, 2.45) is 5.92 Å². The highest BCUT2D eigenvalue weighted by molar-refractivity contribution is 7.38. The van der Waals surface area contributed by atoms with Gasteiger partial charge in [0.25, 0.3) is 5.91 Å². The Bertz CT molecular complexity index is 1030. The molecule has 150 valence electrons. The van der Waals surface area contributed by atoms with Crippen LogP contribution in [0.4, 0.5) is 11.4 Å². The molecule has 1 aliphatic rings. The molecule has 2 aromatic carbocycles. The van der Waals surface area contributed by atoms with Crippen LogP contribution in [0.5, 0.6) is 0 Å². The number of nitrogens with two attached hydrogens (primary N) is 1. The highest BCUT2D eigenvalue weighted by atomic mass is 32.1. The van der Waals surface area contributed by atoms with E-state index in [1.165, 1.54) is 0 Å². The molecule has 4 rings (SSSR count). The number of nitrogens with one attached hydrogen (secondary N) is 1. The molecule has 1 saturated carbocycles. The summed E-state index contributed by atoms with van der Waals surface area (Å²) >= 11 is 1.62. The van der Waals surface area contributed by atoms with Crippen LogP contribution in [0.1, 0.15) is 40.8 Å². The fraction of sp³-hybridized carbons (Fsp3) is 0.227. The lowest BCUT2D eigenvalue weighted by Crippen LogP contribution is -2.18. The molecule has 7 heteroatoms. The Morgan fingerprint density at radius 1 is 1.17 bits per heavy atom. The molecule has 2 atom stereocenters. The van der Waals surface area contributed by atoms with Gasteiger partial charge in [0.15, 0.2) is 8.03 Å². The summed E-state index contributed by atoms with van der Waals surface area (Å²) in [6.07, 6.45) is 3.09. The van der Waals surface area contributed by atoms with Gasteiger partial charge in [-0.2, -0.15) is 0 Å². The predicted molar refractivity (Wildman–Crippen MR) is 120 cm³/mol. The first-order valence-electron chi connectivity index (χ1n) is 9.60. The van der Waals surface area contributed by atoms with Gasteiger partial charge in [-0.25, -0.2) is 0 Å². The topological polar surface area (TPSA) is 92.4 Å². The molecule has 1 aromatic heterocycles. The Morgan fingerprint density at radius 3 is 2.52 bits per heavy atom. The average molecular weight is 426 g/mol. The standard InChI is InChI=1S/C22H23N2O3PS/c23-18-11-10-17(20-5-2-12-29-20)13-19(18)24-22(25)16-8-6-15(7-9-16)21(28(26)27)14-3-1-4-14/h2,5-14,21,28H,1,3-4,23H2,(H,24,25)(H,26,27). The van der Waals surface area contributed by atoms with Crippen molar-refractivity contribution in [2.75, 3.05) is 11.1 Å². The maximum Gasteiger partial charge on any atom is 0.255 e. The molecular formula is C22H23N2O3PS. The van der Waals surface area contributed by atoms with Gasteiger partial charge in [0.1, 0.15) is 0 Å². The van der Waals surface area contributed by atoms with Crippen LogP contribution >= 0.6 is 19.4 Å². The first-order chi connectivity index (χ1) is 14.0. The van der Waals surface area contributed by atoms with Gasteiger partial charge in [0, 0.05) is 10.4 Å². The van der Waals surface area contributed by atoms with E-state index < -0.39 is 8.03 Å². The van der Waals surface area contributed by atoms with E-state index in [9.17, 15) is 14.3 Å². The van der Waals surface area contributed by atoms with Gasteiger partial charge in [-0.15, -0.1) is 11.3 Å². The minimum atomic E-state index is -2.66. The highest BCUT2D eigenvalue weighted by Gasteiger charge is 2.32. The number of thiophene rings is 1. The average Bonchev–Trinajstić information content (AvgIpc) is 3.21. The van der Waals surface area contributed by atoms with E-state index in [4.69, 9.17) is 5.73 Å². The molecule has 4 N–H and O–H groups in total. The Kier molecular flexibility index (Phi) is 5.86. The zero-order valence-corrected chi connectivity index (χ0v) is 17.6. The molecule has 1 aliphatic carbocycles. The summed E-state index contributed by atoms with van der Waals surface area (Å²) in [7, 11) is -2.66. The van der Waals surface area contributed by atoms with Crippen molar-refractivity contribution in [1.82, 2.24) is 0 Å². The van der Waals surface area contributed by atoms with Crippen molar-refractivity contribution < 1.29 is 14.3 Å². The summed E-state index contributed by atoms with van der Waals surface area (Å²) in [4.78, 5) is 23.6. The van der Waals surface area contributed by atoms with Crippen molar-refractivity contribution in [3.63, 3.8) is 0 Å². The second-order valence-electron chi connectivity index (χ2n) is 7.36. The van der Waals surface area contributed by atoms with Gasteiger partial charge in [-0.1, -0.05) is 30.7 Å². The van der Waals surface area contributed by atoms with Gasteiger partial charge < -0.3 is 15.9 Å². The lowest BCUT2D eigenvalue weighted by Gasteiger charge is -2.32. The van der Waals surface area contributed by atoms with E-state index in [1.807, 2.05) is 29.6 Å². The number of carbonyl (C=O) groups excluding carboxylic acids is 1. The molecular weight excluding hydrogens is 403 g/mol. The van der Waals surface area contributed by atoms with Gasteiger partial charge in [-0.3, -0.25) is 9.36 Å². The number of hydrogen-bond acceptors (Lipinski definition) is 4. The largest absolute Gasteiger partial charge is 0.397 e. The molecule has 1 amide bonds. The van der Waals surface area contributed by atoms with Crippen LogP contribution in [0.2, 0.25) is 0 Å². The van der Waals surface area contributed by atoms with E-state index >= 15 is 0 Å². The van der Waals surface area contributed by atoms with E-state index in [2.05, 4.69) is 5.32 Å². The summed E-state index contributed by atoms with van der Waals surface area (Å²) in [6, 6.07) is 16.6. The first-order valence-corrected chi connectivity index (χ1v) is 11.9. The Labute approximate surface area is 174 Å². The SMILES string of the molecule is Nc1ccc(-c2cccs2)cc1NC(=O)c1ccc(C(C2CCC2)[PH](=O)O)cc1. The number of rotatable bonds is 6. The van der Waals surface area contributed by atoms with Crippen molar-refractivity contribution in [2.45, 2.75) is 24.9 Å². The Hall–Kier alpha value is -2.40. The summed E-state index contributed by atoms with van der Waals surface area (Å²) < 4.78 is 11.9. The molecule has 1 fully saturated rings. The number of anilines is 2. The Balaban J connectivity index is 1.52. The number of carbonyl (C=O) groups is 1. The smallest absolute Gasteiger partial charge is 0.255 e. The number of benzene rings is 2. The van der Waals surface area contributed by atoms with Crippen molar-refractivity contribution in [3.8, 4) is 10.4 Å². The zero-order valence-electron chi connectivity index (χ0n) is 15.8. The van der Waals surface area contributed by atoms with Gasteiger partial charge in [-0.05, 0) is 65.6 Å². The molecule has 5 nitrogen and oxygen atoms in total. The molecule has 0 radical (unpaired) electrons. The number of hydrogen-bond donors (Lipinski definition) is 3. The number of amides is 1. The molecule has 1 heterocycles. The van der Waals surface area contributed by atoms with Crippen LogP contribution in [0.3, 0.4) is 0 Å². The van der Waals surface area contributed by atoms with Crippen LogP contribution in [-0.2, 0) is 4.57 Å². The van der Waals surface area contributed by atoms with E-state index in [0.29, 0.717) is 16.9 Å². The summed E-state index contributed by atoms with van der Waals surface area (Å²) in [5.41, 5.74) is 9.11. The fourth-order valence-corrected chi connectivity index (χ4v) is 5.62. The first kappa shape index (κ1) is 19.9. The third kappa shape index (κ3) is 4.30. The molecule has 0 aliphatic heterocycles. The van der Waals surface area contributed by atoms with Gasteiger partial charge in [0.2, 0.25) is 0 Å². The van der Waals surface area contributed by atoms with E-state index in [-0.39, 0.29) is 17.5 Å². The summed E-state index contributed by atoms with van der Waals surface area (Å²) in [5, 5.41) is 4.88. The zero-order chi connectivity index (χ0) is 20.4. The third-order valence-electron chi connectivity index (χ3n) is 5.53. The highest BCUT2D eigenvalue weighted by Crippen LogP contribution is 2.50. The lowest BCUT2D eigenvalue weighted by atomic mass is 9.80. The normalized spacial score (nSPS) is 16.0. The Morgan fingerprint density at radius 2 is 1.93 bits per heavy atom. The van der Waals surface area contributed by atoms with Crippen LogP contribution in [0.15, 0.2) is 60.0 Å². The summed E-state index contributed by atoms with van der Waals surface area (Å²) in [6.45, 7) is 0. The predicted octanol–water partition coefficient (Wildman–Crippen LogP) is 5.56. The molecule has 0 spiro atoms. The van der Waals surface area contributed by atoms with Gasteiger partial charge >= 0.3 is 0 Å². The van der Waals surface area contributed by atoms with E-state index in [1.54, 1.807) is 41.7 Å². The molecule has 0 saturated heterocycles. The minimum Gasteiger partial charge on any atom is -0.397 e. The van der Waals surface area contributed by atoms with Crippen LogP contribution in [0, 0.1) is 5.92 Å². The maximum atomic E-state index is 12.7. The van der Waals surface area contributed by atoms with Gasteiger partial charge in [0.05, 0.1) is 17.0 Å². The minimum absolute atomic E-state index is 0.261. The third-order valence-corrected chi connectivity index (χ3v) is 7.78. The molecule has 3 aromatic rings. The van der Waals surface area contributed by atoms with Crippen molar-refractivity contribution in [1.29, 1.82) is 0 Å². The van der Waals surface area contributed by atoms with Crippen LogP contribution < -0.4 is 11.1 Å². The second kappa shape index (κ2) is 8.54. The second-order valence-corrected chi connectivity index (χ2v) is 9.61. The monoisotopic (exact) mass is 426 g/mol. The van der Waals surface area contributed by atoms with Crippen molar-refractivity contribution >= 4 is 36.6 Å². The van der Waals surface area contributed by atoms with Crippen molar-refractivity contribution in [3.05, 3.63) is 71.1 Å². The van der Waals surface area contributed by atoms with E-state index in [0.717, 1.165) is 35.3 Å². The molecule has 0 bridgehead atoms. The lowest BCUT2D eigenvalue weighted by molar-refractivity contribution is 0.102. The molecule has 2 unspecified atom stereocenters. The van der Waals surface area contributed by atoms with Crippen LogP contribution in [-0.4, -0.2) is 10.8 Å². The maximum absolute atomic E-state index is 12.7. The van der Waals surface area contributed by atoms with Crippen LogP contribution in [0.25, 0.3) is 10.4 Å². The summed E-state index contributed by atoms with van der Waals surface area (Å²) in [5.74, 6) is 0.00859. The molecule has 29 heavy (non-hydrogen) atoms. The quantitative estimate of drug-likeness (QED) is 0.355. The number of nitrogen functional groups attached to an aromatic ring is 1. The fourth-order valence-electron chi connectivity index (χ4n) is 3.69.